The molecule has 1 aliphatic carbocycles. The lowest BCUT2D eigenvalue weighted by Gasteiger charge is -2.22. The van der Waals surface area contributed by atoms with Crippen molar-refractivity contribution in [3.63, 3.8) is 0 Å². The van der Waals surface area contributed by atoms with Crippen molar-refractivity contribution in [1.82, 2.24) is 10.6 Å². The fraction of sp³-hybridized carbons (Fsp3) is 0.909. The minimum absolute atomic E-state index is 0.215. The van der Waals surface area contributed by atoms with Crippen LogP contribution in [0.1, 0.15) is 45.4 Å². The van der Waals surface area contributed by atoms with E-state index in [4.69, 9.17) is 0 Å². The molecule has 0 bridgehead atoms. The van der Waals surface area contributed by atoms with E-state index in [1.807, 2.05) is 0 Å². The third-order valence-electron chi connectivity index (χ3n) is 3.52. The predicted molar refractivity (Wildman–Crippen MR) is 56.0 cm³/mol. The van der Waals surface area contributed by atoms with Crippen LogP contribution < -0.4 is 10.6 Å². The molecule has 14 heavy (non-hydrogen) atoms. The number of amides is 1. The largest absolute Gasteiger partial charge is 0.356 e. The topological polar surface area (TPSA) is 41.1 Å². The summed E-state index contributed by atoms with van der Waals surface area (Å²) in [5, 5.41) is 6.59. The Bertz CT molecular complexity index is 223. The molecule has 80 valence electrons. The van der Waals surface area contributed by atoms with Crippen LogP contribution in [0.3, 0.4) is 0 Å². The van der Waals surface area contributed by atoms with Gasteiger partial charge in [-0.05, 0) is 32.1 Å². The van der Waals surface area contributed by atoms with Crippen molar-refractivity contribution < 1.29 is 4.79 Å². The highest BCUT2D eigenvalue weighted by Gasteiger charge is 2.42. The second-order valence-electron chi connectivity index (χ2n) is 4.67. The maximum Gasteiger partial charge on any atom is 0.221 e. The molecule has 3 heteroatoms. The van der Waals surface area contributed by atoms with Crippen LogP contribution in [-0.2, 0) is 4.79 Å². The first-order chi connectivity index (χ1) is 6.74. The molecule has 0 spiro atoms. The molecule has 1 saturated heterocycles. The van der Waals surface area contributed by atoms with Gasteiger partial charge in [-0.3, -0.25) is 4.79 Å². The number of nitrogens with one attached hydrogen (secondary N) is 2. The summed E-state index contributed by atoms with van der Waals surface area (Å²) >= 11 is 0. The Morgan fingerprint density at radius 1 is 1.57 bits per heavy atom. The van der Waals surface area contributed by atoms with Crippen LogP contribution in [0.4, 0.5) is 0 Å². The van der Waals surface area contributed by atoms with Crippen LogP contribution in [0.25, 0.3) is 0 Å². The van der Waals surface area contributed by atoms with Gasteiger partial charge in [0.2, 0.25) is 5.91 Å². The molecule has 1 aliphatic heterocycles. The number of carbonyl (C=O) groups excluding carboxylic acids is 1. The highest BCUT2D eigenvalue weighted by molar-refractivity contribution is 5.76. The SMILES string of the molecule is CCC1(NC2CCCNC(=O)C2)CC1. The summed E-state index contributed by atoms with van der Waals surface area (Å²) in [6.07, 6.45) is 6.71. The van der Waals surface area contributed by atoms with Gasteiger partial charge in [-0.15, -0.1) is 0 Å². The van der Waals surface area contributed by atoms with Gasteiger partial charge in [-0.2, -0.15) is 0 Å². The van der Waals surface area contributed by atoms with Crippen LogP contribution >= 0.6 is 0 Å². The molecule has 1 atom stereocenters. The summed E-state index contributed by atoms with van der Waals surface area (Å²) in [5.74, 6) is 0.215. The second kappa shape index (κ2) is 3.89. The lowest BCUT2D eigenvalue weighted by Crippen LogP contribution is -2.41. The van der Waals surface area contributed by atoms with E-state index in [-0.39, 0.29) is 5.91 Å². The summed E-state index contributed by atoms with van der Waals surface area (Å²) in [6, 6.07) is 0.417. The normalized spacial score (nSPS) is 30.6. The maximum atomic E-state index is 11.3. The molecule has 2 N–H and O–H groups in total. The summed E-state index contributed by atoms with van der Waals surface area (Å²) < 4.78 is 0. The van der Waals surface area contributed by atoms with Gasteiger partial charge in [0.15, 0.2) is 0 Å². The van der Waals surface area contributed by atoms with E-state index in [2.05, 4.69) is 17.6 Å². The highest BCUT2D eigenvalue weighted by atomic mass is 16.1. The fourth-order valence-electron chi connectivity index (χ4n) is 2.28. The first-order valence-corrected chi connectivity index (χ1v) is 5.78. The third kappa shape index (κ3) is 2.27. The fourth-order valence-corrected chi connectivity index (χ4v) is 2.28. The van der Waals surface area contributed by atoms with E-state index in [1.165, 1.54) is 19.3 Å². The smallest absolute Gasteiger partial charge is 0.221 e. The van der Waals surface area contributed by atoms with Crippen molar-refractivity contribution in [3.8, 4) is 0 Å². The van der Waals surface area contributed by atoms with Crippen molar-refractivity contribution in [2.75, 3.05) is 6.54 Å². The quantitative estimate of drug-likeness (QED) is 0.712. The first kappa shape index (κ1) is 9.97. The number of carbonyl (C=O) groups is 1. The molecule has 0 aromatic heterocycles. The summed E-state index contributed by atoms with van der Waals surface area (Å²) in [5.41, 5.74) is 0.398. The summed E-state index contributed by atoms with van der Waals surface area (Å²) in [7, 11) is 0. The van der Waals surface area contributed by atoms with E-state index < -0.39 is 0 Å². The van der Waals surface area contributed by atoms with E-state index >= 15 is 0 Å². The van der Waals surface area contributed by atoms with Gasteiger partial charge in [0, 0.05) is 24.5 Å². The molecule has 2 fully saturated rings. The average molecular weight is 196 g/mol. The Kier molecular flexibility index (Phi) is 2.77. The van der Waals surface area contributed by atoms with E-state index in [0.717, 1.165) is 19.4 Å². The molecular formula is C11H20N2O. The molecular weight excluding hydrogens is 176 g/mol. The van der Waals surface area contributed by atoms with Crippen molar-refractivity contribution in [1.29, 1.82) is 0 Å². The molecule has 1 unspecified atom stereocenters. The second-order valence-corrected chi connectivity index (χ2v) is 4.67. The Morgan fingerprint density at radius 3 is 3.00 bits per heavy atom. The molecule has 0 aromatic rings. The van der Waals surface area contributed by atoms with Crippen molar-refractivity contribution in [3.05, 3.63) is 0 Å². The van der Waals surface area contributed by atoms with Gasteiger partial charge in [0.05, 0.1) is 0 Å². The minimum atomic E-state index is 0.215. The zero-order chi connectivity index (χ0) is 10.0. The van der Waals surface area contributed by atoms with Gasteiger partial charge in [0.25, 0.3) is 0 Å². The Labute approximate surface area is 85.6 Å². The standard InChI is InChI=1S/C11H20N2O/c1-2-11(5-6-11)13-9-4-3-7-12-10(14)8-9/h9,13H,2-8H2,1H3,(H,12,14). The van der Waals surface area contributed by atoms with Crippen LogP contribution in [0.15, 0.2) is 0 Å². The zero-order valence-electron chi connectivity index (χ0n) is 8.94. The van der Waals surface area contributed by atoms with Crippen LogP contribution in [0.2, 0.25) is 0 Å². The Morgan fingerprint density at radius 2 is 2.36 bits per heavy atom. The van der Waals surface area contributed by atoms with E-state index in [9.17, 15) is 4.79 Å². The summed E-state index contributed by atoms with van der Waals surface area (Å²) in [6.45, 7) is 3.09. The van der Waals surface area contributed by atoms with Crippen LogP contribution in [-0.4, -0.2) is 24.0 Å². The molecule has 1 heterocycles. The first-order valence-electron chi connectivity index (χ1n) is 5.78. The number of rotatable bonds is 3. The van der Waals surface area contributed by atoms with Gasteiger partial charge in [-0.25, -0.2) is 0 Å². The van der Waals surface area contributed by atoms with Crippen molar-refractivity contribution in [2.45, 2.75) is 57.0 Å². The van der Waals surface area contributed by atoms with Crippen molar-refractivity contribution >= 4 is 5.91 Å². The summed E-state index contributed by atoms with van der Waals surface area (Å²) in [4.78, 5) is 11.3. The molecule has 0 aromatic carbocycles. The molecule has 1 saturated carbocycles. The molecule has 0 radical (unpaired) electrons. The monoisotopic (exact) mass is 196 g/mol. The minimum Gasteiger partial charge on any atom is -0.356 e. The van der Waals surface area contributed by atoms with E-state index in [0.29, 0.717) is 18.0 Å². The van der Waals surface area contributed by atoms with Crippen LogP contribution in [0.5, 0.6) is 0 Å². The third-order valence-corrected chi connectivity index (χ3v) is 3.52. The van der Waals surface area contributed by atoms with E-state index in [1.54, 1.807) is 0 Å². The number of hydrogen-bond acceptors (Lipinski definition) is 2. The average Bonchev–Trinajstić information content (AvgIpc) is 2.94. The lowest BCUT2D eigenvalue weighted by molar-refractivity contribution is -0.121. The molecule has 1 amide bonds. The van der Waals surface area contributed by atoms with Gasteiger partial charge >= 0.3 is 0 Å². The van der Waals surface area contributed by atoms with Gasteiger partial charge < -0.3 is 10.6 Å². The maximum absolute atomic E-state index is 11.3. The molecule has 3 nitrogen and oxygen atoms in total. The molecule has 2 aliphatic rings. The Balaban J connectivity index is 1.86. The van der Waals surface area contributed by atoms with Crippen molar-refractivity contribution in [2.24, 2.45) is 0 Å². The number of hydrogen-bond donors (Lipinski definition) is 2. The highest BCUT2D eigenvalue weighted by Crippen LogP contribution is 2.39. The Hall–Kier alpha value is -0.570. The lowest BCUT2D eigenvalue weighted by atomic mass is 10.1. The zero-order valence-corrected chi connectivity index (χ0v) is 8.94. The van der Waals surface area contributed by atoms with Crippen LogP contribution in [0, 0.1) is 0 Å². The van der Waals surface area contributed by atoms with Gasteiger partial charge in [0.1, 0.15) is 0 Å². The molecule has 2 rings (SSSR count). The predicted octanol–water partition coefficient (Wildman–Crippen LogP) is 1.19. The van der Waals surface area contributed by atoms with Gasteiger partial charge in [-0.1, -0.05) is 6.92 Å².